The van der Waals surface area contributed by atoms with Crippen LogP contribution in [0.1, 0.15) is 70.2 Å². The fourth-order valence-electron chi connectivity index (χ4n) is 3.51. The molecule has 1 amide bonds. The van der Waals surface area contributed by atoms with E-state index in [1.54, 1.807) is 0 Å². The molecule has 2 aliphatic rings. The third-order valence-corrected chi connectivity index (χ3v) is 4.95. The molecule has 2 fully saturated rings. The normalized spacial score (nSPS) is 21.6. The minimum Gasteiger partial charge on any atom is -0.341 e. The Morgan fingerprint density at radius 3 is 2.57 bits per heavy atom. The van der Waals surface area contributed by atoms with Crippen molar-refractivity contribution < 1.29 is 4.79 Å². The van der Waals surface area contributed by atoms with Crippen molar-refractivity contribution in [3.63, 3.8) is 0 Å². The van der Waals surface area contributed by atoms with Crippen LogP contribution in [0.4, 0.5) is 0 Å². The van der Waals surface area contributed by atoms with E-state index in [0.29, 0.717) is 12.0 Å². The first-order valence-electron chi connectivity index (χ1n) is 8.50. The Kier molecular flexibility index (Phi) is 5.68. The summed E-state index contributed by atoms with van der Waals surface area (Å²) in [7, 11) is 0. The standard InChI is InChI=1S/C16H27N5O.ClH/c1-3-8-16(2,17)15(22)20-9-6-12(7-10-20)14-19-18-11-21(14)13-4-5-13;/h11-13H,3-10,17H2,1-2H3;1H. The molecule has 1 unspecified atom stereocenters. The molecule has 23 heavy (non-hydrogen) atoms. The third-order valence-electron chi connectivity index (χ3n) is 4.95. The fourth-order valence-corrected chi connectivity index (χ4v) is 3.51. The zero-order valence-electron chi connectivity index (χ0n) is 14.1. The molecule has 0 aromatic carbocycles. The summed E-state index contributed by atoms with van der Waals surface area (Å²) in [4.78, 5) is 14.5. The van der Waals surface area contributed by atoms with Crippen molar-refractivity contribution in [3.05, 3.63) is 12.2 Å². The maximum absolute atomic E-state index is 12.6. The maximum Gasteiger partial charge on any atom is 0.242 e. The lowest BCUT2D eigenvalue weighted by molar-refractivity contribution is -0.137. The van der Waals surface area contributed by atoms with Crippen molar-refractivity contribution in [2.45, 2.75) is 69.9 Å². The Morgan fingerprint density at radius 1 is 1.35 bits per heavy atom. The van der Waals surface area contributed by atoms with Crippen LogP contribution >= 0.6 is 12.4 Å². The Morgan fingerprint density at radius 2 is 2.00 bits per heavy atom. The second kappa shape index (κ2) is 7.18. The van der Waals surface area contributed by atoms with Crippen LogP contribution in [0.5, 0.6) is 0 Å². The molecule has 1 atom stereocenters. The molecule has 6 nitrogen and oxygen atoms in total. The predicted molar refractivity (Wildman–Crippen MR) is 91.6 cm³/mol. The van der Waals surface area contributed by atoms with E-state index < -0.39 is 5.54 Å². The Labute approximate surface area is 144 Å². The van der Waals surface area contributed by atoms with Crippen molar-refractivity contribution in [2.24, 2.45) is 5.73 Å². The average molecular weight is 342 g/mol. The summed E-state index contributed by atoms with van der Waals surface area (Å²) in [5, 5.41) is 8.42. The van der Waals surface area contributed by atoms with Gasteiger partial charge in [-0.3, -0.25) is 4.79 Å². The topological polar surface area (TPSA) is 77.0 Å². The van der Waals surface area contributed by atoms with E-state index in [9.17, 15) is 4.79 Å². The van der Waals surface area contributed by atoms with Gasteiger partial charge in [-0.05, 0) is 39.0 Å². The Bertz CT molecular complexity index is 532. The lowest BCUT2D eigenvalue weighted by atomic mass is 9.91. The van der Waals surface area contributed by atoms with Gasteiger partial charge in [-0.2, -0.15) is 0 Å². The molecule has 1 saturated heterocycles. The summed E-state index contributed by atoms with van der Waals surface area (Å²) in [6.07, 6.45) is 7.93. The van der Waals surface area contributed by atoms with E-state index in [-0.39, 0.29) is 18.3 Å². The van der Waals surface area contributed by atoms with Gasteiger partial charge in [0.05, 0.1) is 5.54 Å². The molecular weight excluding hydrogens is 314 g/mol. The number of aromatic nitrogens is 3. The van der Waals surface area contributed by atoms with Crippen LogP contribution in [0, 0.1) is 0 Å². The van der Waals surface area contributed by atoms with Gasteiger partial charge in [0.2, 0.25) is 5.91 Å². The van der Waals surface area contributed by atoms with Crippen LogP contribution < -0.4 is 5.73 Å². The quantitative estimate of drug-likeness (QED) is 0.891. The van der Waals surface area contributed by atoms with Gasteiger partial charge in [-0.25, -0.2) is 0 Å². The molecule has 7 heteroatoms. The monoisotopic (exact) mass is 341 g/mol. The number of rotatable bonds is 5. The highest BCUT2D eigenvalue weighted by Gasteiger charge is 2.36. The molecule has 1 aliphatic carbocycles. The number of hydrogen-bond acceptors (Lipinski definition) is 4. The highest BCUT2D eigenvalue weighted by atomic mass is 35.5. The summed E-state index contributed by atoms with van der Waals surface area (Å²) < 4.78 is 2.24. The summed E-state index contributed by atoms with van der Waals surface area (Å²) in [5.41, 5.74) is 5.46. The third kappa shape index (κ3) is 3.86. The first kappa shape index (κ1) is 18.2. The molecule has 3 rings (SSSR count). The summed E-state index contributed by atoms with van der Waals surface area (Å²) in [6, 6.07) is 0.613. The van der Waals surface area contributed by atoms with Crippen LogP contribution in [0.25, 0.3) is 0 Å². The number of nitrogens with zero attached hydrogens (tertiary/aromatic N) is 4. The van der Waals surface area contributed by atoms with Gasteiger partial charge in [-0.15, -0.1) is 22.6 Å². The molecule has 130 valence electrons. The Balaban J connectivity index is 0.00000192. The Hall–Kier alpha value is -1.14. The average Bonchev–Trinajstić information content (AvgIpc) is 3.24. The minimum absolute atomic E-state index is 0. The number of halogens is 1. The lowest BCUT2D eigenvalue weighted by Crippen LogP contribution is -2.54. The van der Waals surface area contributed by atoms with Gasteiger partial charge in [-0.1, -0.05) is 13.3 Å². The van der Waals surface area contributed by atoms with E-state index in [1.807, 2.05) is 18.2 Å². The molecule has 1 aliphatic heterocycles. The first-order chi connectivity index (χ1) is 10.5. The summed E-state index contributed by atoms with van der Waals surface area (Å²) in [6.45, 7) is 5.47. The number of hydrogen-bond donors (Lipinski definition) is 1. The molecule has 2 heterocycles. The molecule has 2 N–H and O–H groups in total. The van der Waals surface area contributed by atoms with Crippen molar-refractivity contribution in [1.82, 2.24) is 19.7 Å². The van der Waals surface area contributed by atoms with Crippen LogP contribution in [-0.4, -0.2) is 44.2 Å². The van der Waals surface area contributed by atoms with Gasteiger partial charge in [0, 0.05) is 25.0 Å². The van der Waals surface area contributed by atoms with Crippen molar-refractivity contribution in [2.75, 3.05) is 13.1 Å². The maximum atomic E-state index is 12.6. The number of amides is 1. The van der Waals surface area contributed by atoms with Crippen LogP contribution in [0.15, 0.2) is 6.33 Å². The van der Waals surface area contributed by atoms with E-state index in [2.05, 4.69) is 21.7 Å². The zero-order valence-corrected chi connectivity index (χ0v) is 14.9. The highest BCUT2D eigenvalue weighted by molar-refractivity contribution is 5.86. The van der Waals surface area contributed by atoms with Crippen molar-refractivity contribution in [1.29, 1.82) is 0 Å². The fraction of sp³-hybridized carbons (Fsp3) is 0.812. The highest BCUT2D eigenvalue weighted by Crippen LogP contribution is 2.38. The largest absolute Gasteiger partial charge is 0.341 e. The van der Waals surface area contributed by atoms with Crippen molar-refractivity contribution in [3.8, 4) is 0 Å². The van der Waals surface area contributed by atoms with Gasteiger partial charge in [0.15, 0.2) is 0 Å². The van der Waals surface area contributed by atoms with Gasteiger partial charge >= 0.3 is 0 Å². The number of carbonyl (C=O) groups is 1. The van der Waals surface area contributed by atoms with E-state index in [0.717, 1.165) is 44.6 Å². The molecule has 1 aromatic rings. The number of nitrogens with two attached hydrogens (primary N) is 1. The lowest BCUT2D eigenvalue weighted by Gasteiger charge is -2.36. The van der Waals surface area contributed by atoms with Gasteiger partial charge < -0.3 is 15.2 Å². The van der Waals surface area contributed by atoms with E-state index in [1.165, 1.54) is 12.8 Å². The molecule has 0 radical (unpaired) electrons. The second-order valence-electron chi connectivity index (χ2n) is 7.06. The predicted octanol–water partition coefficient (Wildman–Crippen LogP) is 2.26. The van der Waals surface area contributed by atoms with Crippen LogP contribution in [-0.2, 0) is 4.79 Å². The number of carbonyl (C=O) groups excluding carboxylic acids is 1. The van der Waals surface area contributed by atoms with E-state index >= 15 is 0 Å². The van der Waals surface area contributed by atoms with Gasteiger partial charge in [0.25, 0.3) is 0 Å². The van der Waals surface area contributed by atoms with E-state index in [4.69, 9.17) is 5.73 Å². The van der Waals surface area contributed by atoms with Crippen LogP contribution in [0.3, 0.4) is 0 Å². The first-order valence-corrected chi connectivity index (χ1v) is 8.50. The molecule has 0 bridgehead atoms. The molecule has 0 spiro atoms. The summed E-state index contributed by atoms with van der Waals surface area (Å²) >= 11 is 0. The zero-order chi connectivity index (χ0) is 15.7. The summed E-state index contributed by atoms with van der Waals surface area (Å²) in [5.74, 6) is 1.62. The second-order valence-corrected chi connectivity index (χ2v) is 7.06. The number of likely N-dealkylation sites (tertiary alicyclic amines) is 1. The molecule has 1 aromatic heterocycles. The van der Waals surface area contributed by atoms with Crippen LogP contribution in [0.2, 0.25) is 0 Å². The smallest absolute Gasteiger partial charge is 0.242 e. The molecular formula is C16H28ClN5O. The van der Waals surface area contributed by atoms with Gasteiger partial charge in [0.1, 0.15) is 12.2 Å². The SMILES string of the molecule is CCCC(C)(N)C(=O)N1CCC(c2nncn2C2CC2)CC1.Cl. The van der Waals surface area contributed by atoms with Crippen molar-refractivity contribution >= 4 is 18.3 Å². The minimum atomic E-state index is -0.727. The molecule has 1 saturated carbocycles. The number of piperidine rings is 1.